The first kappa shape index (κ1) is 12.8. The number of hydrogen-bond donors (Lipinski definition) is 0. The molecule has 0 atom stereocenters. The number of rotatable bonds is 2. The molecule has 1 aromatic heterocycles. The van der Waals surface area contributed by atoms with Gasteiger partial charge in [0, 0.05) is 22.8 Å². The molecule has 4 heteroatoms. The fraction of sp³-hybridized carbons (Fsp3) is 0.143. The van der Waals surface area contributed by atoms with Gasteiger partial charge in [-0.05, 0) is 43.3 Å². The first-order valence-electron chi connectivity index (χ1n) is 5.54. The highest BCUT2D eigenvalue weighted by Crippen LogP contribution is 2.16. The summed E-state index contributed by atoms with van der Waals surface area (Å²) in [4.78, 5) is 18.0. The third-order valence-corrected chi connectivity index (χ3v) is 3.21. The average molecular weight is 305 g/mol. The fourth-order valence-corrected chi connectivity index (χ4v) is 1.83. The minimum absolute atomic E-state index is 0.0480. The van der Waals surface area contributed by atoms with Gasteiger partial charge in [-0.2, -0.15) is 0 Å². The van der Waals surface area contributed by atoms with Crippen LogP contribution in [0.4, 0.5) is 5.69 Å². The molecule has 1 amide bonds. The van der Waals surface area contributed by atoms with Crippen molar-refractivity contribution in [2.24, 2.45) is 0 Å². The zero-order valence-electron chi connectivity index (χ0n) is 10.2. The van der Waals surface area contributed by atoms with Crippen LogP contribution < -0.4 is 4.90 Å². The van der Waals surface area contributed by atoms with Crippen LogP contribution in [0.15, 0.2) is 47.1 Å². The number of hydrogen-bond acceptors (Lipinski definition) is 2. The van der Waals surface area contributed by atoms with Crippen molar-refractivity contribution in [1.82, 2.24) is 4.98 Å². The van der Waals surface area contributed by atoms with E-state index in [-0.39, 0.29) is 5.91 Å². The lowest BCUT2D eigenvalue weighted by molar-refractivity contribution is 0.0993. The average Bonchev–Trinajstić information content (AvgIpc) is 2.39. The standard InChI is InChI=1S/C14H13BrN2O/c1-10-3-8-13(9-16-10)17(2)14(18)11-4-6-12(15)7-5-11/h3-9H,1-2H3. The third kappa shape index (κ3) is 2.76. The molecule has 0 saturated carbocycles. The third-order valence-electron chi connectivity index (χ3n) is 2.68. The van der Waals surface area contributed by atoms with Crippen LogP contribution in [-0.4, -0.2) is 17.9 Å². The quantitative estimate of drug-likeness (QED) is 0.851. The number of pyridine rings is 1. The minimum Gasteiger partial charge on any atom is -0.310 e. The van der Waals surface area contributed by atoms with Gasteiger partial charge >= 0.3 is 0 Å². The summed E-state index contributed by atoms with van der Waals surface area (Å²) < 4.78 is 0.957. The largest absolute Gasteiger partial charge is 0.310 e. The Bertz CT molecular complexity index is 549. The maximum Gasteiger partial charge on any atom is 0.258 e. The Morgan fingerprint density at radius 3 is 2.39 bits per heavy atom. The van der Waals surface area contributed by atoms with Crippen LogP contribution in [0, 0.1) is 6.92 Å². The minimum atomic E-state index is -0.0480. The highest BCUT2D eigenvalue weighted by molar-refractivity contribution is 9.10. The molecule has 0 fully saturated rings. The summed E-state index contributed by atoms with van der Waals surface area (Å²) in [7, 11) is 1.75. The zero-order valence-corrected chi connectivity index (χ0v) is 11.8. The highest BCUT2D eigenvalue weighted by atomic mass is 79.9. The second-order valence-corrected chi connectivity index (χ2v) is 4.94. The van der Waals surface area contributed by atoms with E-state index in [9.17, 15) is 4.79 Å². The fourth-order valence-electron chi connectivity index (χ4n) is 1.56. The van der Waals surface area contributed by atoms with Gasteiger partial charge in [0.05, 0.1) is 11.9 Å². The van der Waals surface area contributed by atoms with Crippen LogP contribution in [0.1, 0.15) is 16.1 Å². The molecule has 92 valence electrons. The molecule has 1 aromatic carbocycles. The second kappa shape index (κ2) is 5.31. The summed E-state index contributed by atoms with van der Waals surface area (Å²) >= 11 is 3.35. The number of halogens is 1. The van der Waals surface area contributed by atoms with E-state index in [1.54, 1.807) is 30.3 Å². The molecule has 0 bridgehead atoms. The Morgan fingerprint density at radius 2 is 1.83 bits per heavy atom. The van der Waals surface area contributed by atoms with E-state index >= 15 is 0 Å². The van der Waals surface area contributed by atoms with Gasteiger partial charge in [0.25, 0.3) is 5.91 Å². The molecule has 1 heterocycles. The van der Waals surface area contributed by atoms with Crippen molar-refractivity contribution in [3.05, 3.63) is 58.3 Å². The van der Waals surface area contributed by atoms with Crippen molar-refractivity contribution in [2.45, 2.75) is 6.92 Å². The lowest BCUT2D eigenvalue weighted by Crippen LogP contribution is -2.26. The van der Waals surface area contributed by atoms with Crippen molar-refractivity contribution in [1.29, 1.82) is 0 Å². The van der Waals surface area contributed by atoms with Gasteiger partial charge in [-0.15, -0.1) is 0 Å². The Balaban J connectivity index is 2.23. The van der Waals surface area contributed by atoms with E-state index in [0.29, 0.717) is 5.56 Å². The maximum absolute atomic E-state index is 12.2. The van der Waals surface area contributed by atoms with Crippen LogP contribution in [0.2, 0.25) is 0 Å². The van der Waals surface area contributed by atoms with E-state index in [1.807, 2.05) is 31.2 Å². The summed E-state index contributed by atoms with van der Waals surface area (Å²) in [5.41, 5.74) is 2.37. The van der Waals surface area contributed by atoms with Gasteiger partial charge in [0.1, 0.15) is 0 Å². The molecule has 0 unspecified atom stereocenters. The Morgan fingerprint density at radius 1 is 1.17 bits per heavy atom. The molecule has 2 rings (SSSR count). The number of amides is 1. The number of aromatic nitrogens is 1. The van der Waals surface area contributed by atoms with E-state index in [1.165, 1.54) is 0 Å². The predicted octanol–water partition coefficient (Wildman–Crippen LogP) is 3.43. The van der Waals surface area contributed by atoms with Gasteiger partial charge in [-0.25, -0.2) is 0 Å². The predicted molar refractivity (Wildman–Crippen MR) is 75.8 cm³/mol. The number of anilines is 1. The maximum atomic E-state index is 12.2. The smallest absolute Gasteiger partial charge is 0.258 e. The summed E-state index contributed by atoms with van der Waals surface area (Å²) in [6, 6.07) is 11.1. The van der Waals surface area contributed by atoms with E-state index in [2.05, 4.69) is 20.9 Å². The highest BCUT2D eigenvalue weighted by Gasteiger charge is 2.13. The molecule has 0 N–H and O–H groups in total. The number of benzene rings is 1. The molecule has 3 nitrogen and oxygen atoms in total. The Kier molecular flexibility index (Phi) is 3.77. The van der Waals surface area contributed by atoms with Gasteiger partial charge in [0.2, 0.25) is 0 Å². The van der Waals surface area contributed by atoms with Gasteiger partial charge in [-0.3, -0.25) is 9.78 Å². The molecule has 0 spiro atoms. The van der Waals surface area contributed by atoms with Crippen molar-refractivity contribution < 1.29 is 4.79 Å². The van der Waals surface area contributed by atoms with E-state index in [0.717, 1.165) is 15.9 Å². The van der Waals surface area contributed by atoms with Crippen LogP contribution >= 0.6 is 15.9 Å². The van der Waals surface area contributed by atoms with Gasteiger partial charge < -0.3 is 4.90 Å². The van der Waals surface area contributed by atoms with Crippen LogP contribution in [0.25, 0.3) is 0 Å². The van der Waals surface area contributed by atoms with E-state index in [4.69, 9.17) is 0 Å². The van der Waals surface area contributed by atoms with Crippen LogP contribution in [0.3, 0.4) is 0 Å². The Hall–Kier alpha value is -1.68. The van der Waals surface area contributed by atoms with Gasteiger partial charge in [-0.1, -0.05) is 15.9 Å². The normalized spacial score (nSPS) is 10.2. The lowest BCUT2D eigenvalue weighted by Gasteiger charge is -2.17. The molecular formula is C14H13BrN2O. The number of carbonyl (C=O) groups is 1. The monoisotopic (exact) mass is 304 g/mol. The Labute approximate surface area is 115 Å². The van der Waals surface area contributed by atoms with Gasteiger partial charge in [0.15, 0.2) is 0 Å². The molecule has 0 radical (unpaired) electrons. The van der Waals surface area contributed by atoms with Crippen molar-refractivity contribution in [3.8, 4) is 0 Å². The lowest BCUT2D eigenvalue weighted by atomic mass is 10.2. The van der Waals surface area contributed by atoms with Crippen molar-refractivity contribution in [2.75, 3.05) is 11.9 Å². The first-order chi connectivity index (χ1) is 8.58. The number of carbonyl (C=O) groups excluding carboxylic acids is 1. The second-order valence-electron chi connectivity index (χ2n) is 4.03. The van der Waals surface area contributed by atoms with Crippen LogP contribution in [-0.2, 0) is 0 Å². The first-order valence-corrected chi connectivity index (χ1v) is 6.33. The summed E-state index contributed by atoms with van der Waals surface area (Å²) in [5.74, 6) is -0.0480. The molecule has 0 aliphatic heterocycles. The molecule has 0 aliphatic rings. The van der Waals surface area contributed by atoms with Crippen LogP contribution in [0.5, 0.6) is 0 Å². The SMILES string of the molecule is Cc1ccc(N(C)C(=O)c2ccc(Br)cc2)cn1. The molecule has 2 aromatic rings. The zero-order chi connectivity index (χ0) is 13.1. The molecule has 0 aliphatic carbocycles. The molecular weight excluding hydrogens is 292 g/mol. The molecule has 18 heavy (non-hydrogen) atoms. The number of aryl methyl sites for hydroxylation is 1. The topological polar surface area (TPSA) is 33.2 Å². The van der Waals surface area contributed by atoms with E-state index < -0.39 is 0 Å². The summed E-state index contributed by atoms with van der Waals surface area (Å²) in [6.45, 7) is 1.92. The van der Waals surface area contributed by atoms with Crippen molar-refractivity contribution in [3.63, 3.8) is 0 Å². The summed E-state index contributed by atoms with van der Waals surface area (Å²) in [5, 5.41) is 0. The number of nitrogens with zero attached hydrogens (tertiary/aromatic N) is 2. The summed E-state index contributed by atoms with van der Waals surface area (Å²) in [6.07, 6.45) is 1.70. The molecule has 0 saturated heterocycles. The van der Waals surface area contributed by atoms with Crippen molar-refractivity contribution >= 4 is 27.5 Å².